The van der Waals surface area contributed by atoms with E-state index in [0.29, 0.717) is 24.4 Å². The van der Waals surface area contributed by atoms with Crippen LogP contribution in [0.15, 0.2) is 48.5 Å². The summed E-state index contributed by atoms with van der Waals surface area (Å²) in [4.78, 5) is 14.7. The number of piperidine rings is 1. The van der Waals surface area contributed by atoms with Gasteiger partial charge in [-0.15, -0.1) is 0 Å². The number of amidine groups is 1. The molecule has 1 saturated heterocycles. The molecular weight excluding hydrogens is 390 g/mol. The van der Waals surface area contributed by atoms with Crippen molar-refractivity contribution >= 4 is 23.1 Å². The third-order valence-electron chi connectivity index (χ3n) is 5.70. The first-order chi connectivity index (χ1) is 15.1. The van der Waals surface area contributed by atoms with E-state index in [1.54, 1.807) is 6.07 Å². The van der Waals surface area contributed by atoms with E-state index in [9.17, 15) is 4.79 Å². The van der Waals surface area contributed by atoms with Gasteiger partial charge in [0.1, 0.15) is 5.84 Å². The van der Waals surface area contributed by atoms with Crippen molar-refractivity contribution < 1.29 is 9.90 Å². The highest BCUT2D eigenvalue weighted by Gasteiger charge is 2.16. The second-order valence-electron chi connectivity index (χ2n) is 8.01. The van der Waals surface area contributed by atoms with Gasteiger partial charge in [-0.1, -0.05) is 24.3 Å². The predicted octanol–water partition coefficient (Wildman–Crippen LogP) is 2.66. The molecule has 7 heteroatoms. The number of nitrogens with zero attached hydrogens (tertiary/aromatic N) is 1. The topological polar surface area (TPSA) is 114 Å². The second kappa shape index (κ2) is 11.5. The fraction of sp³-hybridized carbons (Fsp3) is 0.417. The lowest BCUT2D eigenvalue weighted by Gasteiger charge is -2.25. The summed E-state index contributed by atoms with van der Waals surface area (Å²) in [7, 11) is 0. The van der Waals surface area contributed by atoms with Gasteiger partial charge < -0.3 is 26.4 Å². The summed E-state index contributed by atoms with van der Waals surface area (Å²) in [5.74, 6) is 0.476. The van der Waals surface area contributed by atoms with Crippen LogP contribution in [0, 0.1) is 5.41 Å². The maximum atomic E-state index is 12.8. The quantitative estimate of drug-likeness (QED) is 0.229. The fourth-order valence-electron chi connectivity index (χ4n) is 3.95. The summed E-state index contributed by atoms with van der Waals surface area (Å²) in [6, 6.07) is 15.5. The van der Waals surface area contributed by atoms with E-state index in [-0.39, 0.29) is 24.9 Å². The Labute approximate surface area is 184 Å². The molecule has 6 N–H and O–H groups in total. The molecule has 0 aliphatic carbocycles. The van der Waals surface area contributed by atoms with Crippen LogP contribution < -0.4 is 21.3 Å². The molecule has 0 unspecified atom stereocenters. The first-order valence-electron chi connectivity index (χ1n) is 11.0. The summed E-state index contributed by atoms with van der Waals surface area (Å²) in [5, 5.41) is 23.2. The minimum absolute atomic E-state index is 0.00422. The van der Waals surface area contributed by atoms with E-state index in [0.717, 1.165) is 43.7 Å². The number of amides is 1. The molecular formula is C24H33N5O2. The van der Waals surface area contributed by atoms with Gasteiger partial charge in [0, 0.05) is 30.1 Å². The average Bonchev–Trinajstić information content (AvgIpc) is 2.79. The minimum atomic E-state index is -0.105. The Morgan fingerprint density at radius 1 is 1.16 bits per heavy atom. The highest BCUT2D eigenvalue weighted by molar-refractivity contribution is 5.97. The number of unbranched alkanes of at least 4 members (excludes halogenated alkanes) is 1. The van der Waals surface area contributed by atoms with Gasteiger partial charge in [0.05, 0.1) is 6.54 Å². The van der Waals surface area contributed by atoms with Crippen LogP contribution >= 0.6 is 0 Å². The molecule has 0 radical (unpaired) electrons. The van der Waals surface area contributed by atoms with Crippen molar-refractivity contribution in [3.63, 3.8) is 0 Å². The maximum Gasteiger partial charge on any atom is 0.243 e. The van der Waals surface area contributed by atoms with Gasteiger partial charge in [-0.05, 0) is 74.5 Å². The Balaban J connectivity index is 1.64. The smallest absolute Gasteiger partial charge is 0.243 e. The van der Waals surface area contributed by atoms with Gasteiger partial charge in [-0.25, -0.2) is 0 Å². The third-order valence-corrected chi connectivity index (χ3v) is 5.70. The van der Waals surface area contributed by atoms with Crippen molar-refractivity contribution in [1.82, 2.24) is 5.32 Å². The zero-order valence-electron chi connectivity index (χ0n) is 17.9. The SMILES string of the molecule is N=C(N)c1cccc(N(CCCCO)CC(=O)Nc2ccc(C3CCNCC3)cc2)c1. The molecule has 0 bridgehead atoms. The number of aliphatic hydroxyl groups excluding tert-OH is 1. The van der Waals surface area contributed by atoms with E-state index in [1.165, 1.54) is 5.56 Å². The molecule has 1 aliphatic heterocycles. The molecule has 1 amide bonds. The number of nitrogens with two attached hydrogens (primary N) is 1. The molecule has 1 heterocycles. The summed E-state index contributed by atoms with van der Waals surface area (Å²) in [6.45, 7) is 3.05. The lowest BCUT2D eigenvalue weighted by atomic mass is 9.90. The molecule has 1 fully saturated rings. The second-order valence-corrected chi connectivity index (χ2v) is 8.01. The van der Waals surface area contributed by atoms with E-state index < -0.39 is 0 Å². The molecule has 2 aromatic rings. The van der Waals surface area contributed by atoms with Gasteiger partial charge in [0.25, 0.3) is 0 Å². The standard InChI is InChI=1S/C24H33N5O2/c25-24(26)20-4-3-5-22(16-20)29(14-1-2-15-30)17-23(31)28-21-8-6-18(7-9-21)19-10-12-27-13-11-19/h3-9,16,19,27,30H,1-2,10-15,17H2,(H3,25,26)(H,28,31). The third kappa shape index (κ3) is 6.80. The number of anilines is 2. The minimum Gasteiger partial charge on any atom is -0.396 e. The average molecular weight is 424 g/mol. The monoisotopic (exact) mass is 423 g/mol. The molecule has 1 aliphatic rings. The van der Waals surface area contributed by atoms with Gasteiger partial charge in [0.15, 0.2) is 0 Å². The number of carbonyl (C=O) groups excluding carboxylic acids is 1. The summed E-state index contributed by atoms with van der Waals surface area (Å²) in [6.07, 6.45) is 3.73. The van der Waals surface area contributed by atoms with Crippen LogP contribution in [-0.2, 0) is 4.79 Å². The summed E-state index contributed by atoms with van der Waals surface area (Å²) < 4.78 is 0. The lowest BCUT2D eigenvalue weighted by molar-refractivity contribution is -0.115. The Morgan fingerprint density at radius 3 is 2.58 bits per heavy atom. The molecule has 2 aromatic carbocycles. The van der Waals surface area contributed by atoms with Crippen molar-refractivity contribution in [2.45, 2.75) is 31.6 Å². The van der Waals surface area contributed by atoms with Crippen molar-refractivity contribution in [3.8, 4) is 0 Å². The molecule has 7 nitrogen and oxygen atoms in total. The van der Waals surface area contributed by atoms with E-state index in [2.05, 4.69) is 22.8 Å². The number of rotatable bonds is 10. The number of hydrogen-bond donors (Lipinski definition) is 5. The van der Waals surface area contributed by atoms with Crippen molar-refractivity contribution in [2.24, 2.45) is 5.73 Å². The van der Waals surface area contributed by atoms with Gasteiger partial charge in [-0.2, -0.15) is 0 Å². The number of carbonyl (C=O) groups is 1. The molecule has 0 atom stereocenters. The van der Waals surface area contributed by atoms with Crippen LogP contribution in [0.3, 0.4) is 0 Å². The lowest BCUT2D eigenvalue weighted by Crippen LogP contribution is -2.34. The van der Waals surface area contributed by atoms with Gasteiger partial charge in [-0.3, -0.25) is 10.2 Å². The van der Waals surface area contributed by atoms with Crippen LogP contribution in [0.25, 0.3) is 0 Å². The molecule has 3 rings (SSSR count). The summed E-state index contributed by atoms with van der Waals surface area (Å²) >= 11 is 0. The van der Waals surface area contributed by atoms with Crippen molar-refractivity contribution in [1.29, 1.82) is 5.41 Å². The van der Waals surface area contributed by atoms with Crippen LogP contribution in [0.2, 0.25) is 0 Å². The van der Waals surface area contributed by atoms with Crippen molar-refractivity contribution in [2.75, 3.05) is 43.0 Å². The van der Waals surface area contributed by atoms with Crippen LogP contribution in [0.1, 0.15) is 42.7 Å². The zero-order chi connectivity index (χ0) is 22.1. The normalized spacial score (nSPS) is 14.2. The Hall–Kier alpha value is -2.90. The van der Waals surface area contributed by atoms with Crippen LogP contribution in [0.4, 0.5) is 11.4 Å². The number of aliphatic hydroxyl groups is 1. The maximum absolute atomic E-state index is 12.8. The summed E-state index contributed by atoms with van der Waals surface area (Å²) in [5.41, 5.74) is 9.19. The molecule has 31 heavy (non-hydrogen) atoms. The Morgan fingerprint density at radius 2 is 1.90 bits per heavy atom. The van der Waals surface area contributed by atoms with Crippen LogP contribution in [0.5, 0.6) is 0 Å². The molecule has 0 aromatic heterocycles. The highest BCUT2D eigenvalue weighted by atomic mass is 16.3. The molecule has 0 saturated carbocycles. The number of hydrogen-bond acceptors (Lipinski definition) is 5. The Bertz CT molecular complexity index is 863. The predicted molar refractivity (Wildman–Crippen MR) is 126 cm³/mol. The Kier molecular flexibility index (Phi) is 8.44. The first kappa shape index (κ1) is 22.8. The number of nitrogen functional groups attached to an aromatic ring is 1. The van der Waals surface area contributed by atoms with Gasteiger partial charge in [0.2, 0.25) is 5.91 Å². The molecule has 166 valence electrons. The molecule has 0 spiro atoms. The van der Waals surface area contributed by atoms with Gasteiger partial charge >= 0.3 is 0 Å². The van der Waals surface area contributed by atoms with E-state index in [4.69, 9.17) is 16.2 Å². The zero-order valence-corrected chi connectivity index (χ0v) is 17.9. The van der Waals surface area contributed by atoms with Crippen molar-refractivity contribution in [3.05, 3.63) is 59.7 Å². The van der Waals surface area contributed by atoms with E-state index >= 15 is 0 Å². The number of nitrogens with one attached hydrogen (secondary N) is 3. The fourth-order valence-corrected chi connectivity index (χ4v) is 3.95. The highest BCUT2D eigenvalue weighted by Crippen LogP contribution is 2.26. The number of benzene rings is 2. The largest absolute Gasteiger partial charge is 0.396 e. The van der Waals surface area contributed by atoms with Crippen LogP contribution in [-0.4, -0.2) is 49.6 Å². The first-order valence-corrected chi connectivity index (χ1v) is 11.0. The van der Waals surface area contributed by atoms with E-state index in [1.807, 2.05) is 35.2 Å².